The molecule has 0 spiro atoms. The van der Waals surface area contributed by atoms with E-state index in [4.69, 9.17) is 0 Å². The predicted molar refractivity (Wildman–Crippen MR) is 46.9 cm³/mol. The first-order chi connectivity index (χ1) is 5.38. The Hall–Kier alpha value is -0.0200. The molecule has 0 amide bonds. The zero-order chi connectivity index (χ0) is 7.68. The van der Waals surface area contributed by atoms with Crippen LogP contribution in [0.1, 0.15) is 12.8 Å². The van der Waals surface area contributed by atoms with Crippen molar-refractivity contribution >= 4 is 17.5 Å². The summed E-state index contributed by atoms with van der Waals surface area (Å²) >= 11 is 1.92. The van der Waals surface area contributed by atoms with E-state index in [1.54, 1.807) is 0 Å². The van der Waals surface area contributed by atoms with E-state index in [1.165, 1.54) is 5.75 Å². The lowest BCUT2D eigenvalue weighted by molar-refractivity contribution is -0.126. The van der Waals surface area contributed by atoms with Gasteiger partial charge in [0.2, 0.25) is 0 Å². The fourth-order valence-electron chi connectivity index (χ4n) is 1.83. The van der Waals surface area contributed by atoms with Gasteiger partial charge in [0.25, 0.3) is 0 Å². The van der Waals surface area contributed by atoms with Crippen LogP contribution in [0.4, 0.5) is 0 Å². The van der Waals surface area contributed by atoms with Gasteiger partial charge in [0.1, 0.15) is 0 Å². The second kappa shape index (κ2) is 3.15. The summed E-state index contributed by atoms with van der Waals surface area (Å²) in [4.78, 5) is 13.7. The Morgan fingerprint density at radius 2 is 2.36 bits per heavy atom. The van der Waals surface area contributed by atoms with Crippen LogP contribution in [0, 0.1) is 0 Å². The van der Waals surface area contributed by atoms with Crippen molar-refractivity contribution in [1.29, 1.82) is 0 Å². The molecule has 1 unspecified atom stereocenters. The van der Waals surface area contributed by atoms with E-state index in [0.717, 1.165) is 31.7 Å². The number of hydrogen-bond acceptors (Lipinski definition) is 3. The fourth-order valence-corrected chi connectivity index (χ4v) is 2.98. The number of hydrogen-bond donors (Lipinski definition) is 0. The summed E-state index contributed by atoms with van der Waals surface area (Å²) in [6.45, 7) is 2.28. The minimum atomic E-state index is 0.280. The number of carbonyl (C=O) groups excluding carboxylic acids is 1. The summed E-state index contributed by atoms with van der Waals surface area (Å²) < 4.78 is 0. The molecule has 0 radical (unpaired) electrons. The second-order valence-electron chi connectivity index (χ2n) is 3.20. The maximum absolute atomic E-state index is 11.4. The zero-order valence-electron chi connectivity index (χ0n) is 6.58. The summed E-state index contributed by atoms with van der Waals surface area (Å²) in [5.41, 5.74) is 0. The number of ketones is 1. The monoisotopic (exact) mass is 171 g/mol. The van der Waals surface area contributed by atoms with Crippen molar-refractivity contribution in [2.45, 2.75) is 18.9 Å². The number of rotatable bonds is 0. The van der Waals surface area contributed by atoms with Gasteiger partial charge < -0.3 is 0 Å². The van der Waals surface area contributed by atoms with Crippen molar-refractivity contribution < 1.29 is 4.79 Å². The molecule has 3 heteroatoms. The molecule has 11 heavy (non-hydrogen) atoms. The molecule has 0 aromatic carbocycles. The van der Waals surface area contributed by atoms with Gasteiger partial charge in [-0.25, -0.2) is 0 Å². The minimum Gasteiger partial charge on any atom is -0.298 e. The molecule has 62 valence electrons. The van der Waals surface area contributed by atoms with E-state index < -0.39 is 0 Å². The van der Waals surface area contributed by atoms with Crippen LogP contribution in [0.2, 0.25) is 0 Å². The number of thioether (sulfide) groups is 1. The largest absolute Gasteiger partial charge is 0.298 e. The SMILES string of the molecule is O=C1CCCN2CCSCC12. The van der Waals surface area contributed by atoms with Crippen LogP contribution in [0.3, 0.4) is 0 Å². The number of nitrogens with zero attached hydrogens (tertiary/aromatic N) is 1. The Kier molecular flexibility index (Phi) is 2.18. The van der Waals surface area contributed by atoms with Gasteiger partial charge in [-0.3, -0.25) is 9.69 Å². The third-order valence-electron chi connectivity index (χ3n) is 2.48. The zero-order valence-corrected chi connectivity index (χ0v) is 7.40. The summed E-state index contributed by atoms with van der Waals surface area (Å²) in [6, 6.07) is 0.280. The maximum atomic E-state index is 11.4. The summed E-state index contributed by atoms with van der Waals surface area (Å²) in [5, 5.41) is 0. The highest BCUT2D eigenvalue weighted by atomic mass is 32.2. The van der Waals surface area contributed by atoms with Gasteiger partial charge in [0.15, 0.2) is 5.78 Å². The Balaban J connectivity index is 2.05. The van der Waals surface area contributed by atoms with Crippen LogP contribution in [0.15, 0.2) is 0 Å². The maximum Gasteiger partial charge on any atom is 0.150 e. The molecule has 0 aromatic heterocycles. The molecule has 2 fully saturated rings. The van der Waals surface area contributed by atoms with Gasteiger partial charge in [-0.1, -0.05) is 0 Å². The quantitative estimate of drug-likeness (QED) is 0.537. The highest BCUT2D eigenvalue weighted by molar-refractivity contribution is 7.99. The molecule has 0 saturated carbocycles. The molecule has 2 nitrogen and oxygen atoms in total. The van der Waals surface area contributed by atoms with Crippen molar-refractivity contribution in [2.75, 3.05) is 24.6 Å². The first-order valence-electron chi connectivity index (χ1n) is 4.22. The molecular formula is C8H13NOS. The summed E-state index contributed by atoms with van der Waals surface area (Å²) in [7, 11) is 0. The lowest BCUT2D eigenvalue weighted by atomic mass is 10.0. The predicted octanol–water partition coefficient (Wildman–Crippen LogP) is 0.767. The van der Waals surface area contributed by atoms with E-state index >= 15 is 0 Å². The Morgan fingerprint density at radius 3 is 3.18 bits per heavy atom. The molecule has 2 aliphatic rings. The van der Waals surface area contributed by atoms with E-state index in [2.05, 4.69) is 4.90 Å². The summed E-state index contributed by atoms with van der Waals surface area (Å²) in [6.07, 6.45) is 1.90. The lowest BCUT2D eigenvalue weighted by Gasteiger charge is -2.37. The van der Waals surface area contributed by atoms with Crippen LogP contribution >= 0.6 is 11.8 Å². The molecule has 0 aliphatic carbocycles. The molecule has 2 rings (SSSR count). The fraction of sp³-hybridized carbons (Fsp3) is 0.875. The van der Waals surface area contributed by atoms with Crippen molar-refractivity contribution in [1.82, 2.24) is 4.90 Å². The lowest BCUT2D eigenvalue weighted by Crippen LogP contribution is -2.50. The van der Waals surface area contributed by atoms with E-state index in [0.29, 0.717) is 5.78 Å². The standard InChI is InChI=1S/C8H13NOS/c10-8-2-1-3-9-4-5-11-6-7(8)9/h7H,1-6H2. The molecule has 0 N–H and O–H groups in total. The van der Waals surface area contributed by atoms with Crippen LogP contribution < -0.4 is 0 Å². The summed E-state index contributed by atoms with van der Waals surface area (Å²) in [5.74, 6) is 2.73. The van der Waals surface area contributed by atoms with Gasteiger partial charge in [0.05, 0.1) is 6.04 Å². The van der Waals surface area contributed by atoms with Crippen molar-refractivity contribution in [3.05, 3.63) is 0 Å². The van der Waals surface area contributed by atoms with Crippen molar-refractivity contribution in [2.24, 2.45) is 0 Å². The van der Waals surface area contributed by atoms with E-state index in [1.807, 2.05) is 11.8 Å². The highest BCUT2D eigenvalue weighted by Crippen LogP contribution is 2.22. The van der Waals surface area contributed by atoms with Gasteiger partial charge in [-0.15, -0.1) is 0 Å². The first-order valence-corrected chi connectivity index (χ1v) is 5.38. The normalized spacial score (nSPS) is 33.5. The van der Waals surface area contributed by atoms with E-state index in [-0.39, 0.29) is 6.04 Å². The minimum absolute atomic E-state index is 0.280. The molecule has 2 aliphatic heterocycles. The molecule has 2 saturated heterocycles. The number of carbonyl (C=O) groups is 1. The third kappa shape index (κ3) is 1.44. The number of Topliss-reactive ketones (excluding diaryl/α,β-unsaturated/α-hetero) is 1. The molecule has 1 atom stereocenters. The Morgan fingerprint density at radius 1 is 1.45 bits per heavy atom. The van der Waals surface area contributed by atoms with Crippen molar-refractivity contribution in [3.8, 4) is 0 Å². The first kappa shape index (κ1) is 7.62. The molecular weight excluding hydrogens is 158 g/mol. The highest BCUT2D eigenvalue weighted by Gasteiger charge is 2.31. The Bertz CT molecular complexity index is 169. The van der Waals surface area contributed by atoms with Gasteiger partial charge in [0, 0.05) is 24.5 Å². The van der Waals surface area contributed by atoms with Crippen LogP contribution in [0.25, 0.3) is 0 Å². The average molecular weight is 171 g/mol. The van der Waals surface area contributed by atoms with Gasteiger partial charge in [-0.2, -0.15) is 11.8 Å². The van der Waals surface area contributed by atoms with Crippen LogP contribution in [0.5, 0.6) is 0 Å². The third-order valence-corrected chi connectivity index (χ3v) is 3.50. The average Bonchev–Trinajstić information content (AvgIpc) is 2.06. The number of fused-ring (bicyclic) bond motifs is 1. The van der Waals surface area contributed by atoms with Gasteiger partial charge >= 0.3 is 0 Å². The van der Waals surface area contributed by atoms with Crippen LogP contribution in [-0.2, 0) is 4.79 Å². The Labute approximate surface area is 71.3 Å². The molecule has 2 heterocycles. The van der Waals surface area contributed by atoms with Crippen molar-refractivity contribution in [3.63, 3.8) is 0 Å². The van der Waals surface area contributed by atoms with Crippen LogP contribution in [-0.4, -0.2) is 41.3 Å². The smallest absolute Gasteiger partial charge is 0.150 e. The van der Waals surface area contributed by atoms with Gasteiger partial charge in [-0.05, 0) is 13.0 Å². The number of piperidine rings is 1. The molecule has 0 bridgehead atoms. The second-order valence-corrected chi connectivity index (χ2v) is 4.35. The topological polar surface area (TPSA) is 20.3 Å². The molecule has 0 aromatic rings. The van der Waals surface area contributed by atoms with E-state index in [9.17, 15) is 4.79 Å².